The van der Waals surface area contributed by atoms with Gasteiger partial charge in [0, 0.05) is 18.2 Å². The lowest BCUT2D eigenvalue weighted by atomic mass is 10.1. The highest BCUT2D eigenvalue weighted by molar-refractivity contribution is 6.32. The lowest BCUT2D eigenvalue weighted by molar-refractivity contribution is 0.0941. The van der Waals surface area contributed by atoms with Crippen molar-refractivity contribution in [2.75, 3.05) is 20.3 Å². The fraction of sp³-hybridized carbons (Fsp3) is 0.562. The number of amides is 1. The van der Waals surface area contributed by atoms with Crippen molar-refractivity contribution in [1.82, 2.24) is 5.32 Å². The molecule has 0 bridgehead atoms. The summed E-state index contributed by atoms with van der Waals surface area (Å²) in [5, 5.41) is 3.14. The second-order valence-electron chi connectivity index (χ2n) is 5.63. The molecule has 1 aromatic rings. The molecule has 0 aliphatic carbocycles. The number of ether oxygens (including phenoxy) is 2. The highest BCUT2D eigenvalue weighted by atomic mass is 35.5. The predicted octanol–water partition coefficient (Wildman–Crippen LogP) is 2.85. The normalized spacial score (nSPS) is 12.1. The largest absolute Gasteiger partial charge is 0.493 e. The molecule has 0 aliphatic heterocycles. The van der Waals surface area contributed by atoms with Gasteiger partial charge in [-0.2, -0.15) is 0 Å². The van der Waals surface area contributed by atoms with E-state index in [0.717, 1.165) is 6.42 Å². The molecule has 6 heteroatoms. The maximum absolute atomic E-state index is 12.1. The number of hydrogen-bond acceptors (Lipinski definition) is 4. The lowest BCUT2D eigenvalue weighted by Gasteiger charge is -2.16. The van der Waals surface area contributed by atoms with E-state index < -0.39 is 0 Å². The molecule has 22 heavy (non-hydrogen) atoms. The van der Waals surface area contributed by atoms with Gasteiger partial charge in [-0.25, -0.2) is 0 Å². The standard InChI is InChI=1S/C16H25ClN2O3/c1-10(2)5-6-22-15-13(17)7-12(8-14(15)21-4)16(20)19-11(3)9-18/h7-8,10-11H,5-6,9,18H2,1-4H3,(H,19,20)/t11-/m0/s1. The summed E-state index contributed by atoms with van der Waals surface area (Å²) in [4.78, 5) is 12.1. The minimum Gasteiger partial charge on any atom is -0.493 e. The third kappa shape index (κ3) is 5.39. The molecule has 0 saturated carbocycles. The SMILES string of the molecule is COc1cc(C(=O)N[C@@H](C)CN)cc(Cl)c1OCCC(C)C. The van der Waals surface area contributed by atoms with Crippen LogP contribution in [0.2, 0.25) is 5.02 Å². The minimum absolute atomic E-state index is 0.112. The third-order valence-electron chi connectivity index (χ3n) is 3.16. The number of carbonyl (C=O) groups excluding carboxylic acids is 1. The van der Waals surface area contributed by atoms with Crippen molar-refractivity contribution in [1.29, 1.82) is 0 Å². The van der Waals surface area contributed by atoms with Crippen LogP contribution in [-0.4, -0.2) is 32.2 Å². The summed E-state index contributed by atoms with van der Waals surface area (Å²) in [5.41, 5.74) is 5.92. The molecule has 1 amide bonds. The molecule has 1 atom stereocenters. The first-order valence-corrected chi connectivity index (χ1v) is 7.78. The van der Waals surface area contributed by atoms with Gasteiger partial charge in [0.25, 0.3) is 5.91 Å². The number of carbonyl (C=O) groups is 1. The molecule has 0 saturated heterocycles. The first-order chi connectivity index (χ1) is 10.4. The molecule has 0 aliphatic rings. The Kier molecular flexibility index (Phi) is 7.48. The van der Waals surface area contributed by atoms with Gasteiger partial charge in [-0.3, -0.25) is 4.79 Å². The van der Waals surface area contributed by atoms with Gasteiger partial charge >= 0.3 is 0 Å². The quantitative estimate of drug-likeness (QED) is 0.769. The molecular weight excluding hydrogens is 304 g/mol. The summed E-state index contributed by atoms with van der Waals surface area (Å²) in [6, 6.07) is 3.09. The van der Waals surface area contributed by atoms with Crippen LogP contribution >= 0.6 is 11.6 Å². The Morgan fingerprint density at radius 2 is 2.05 bits per heavy atom. The molecule has 0 unspecified atom stereocenters. The summed E-state index contributed by atoms with van der Waals surface area (Å²) in [7, 11) is 1.52. The molecule has 1 aromatic carbocycles. The maximum atomic E-state index is 12.1. The Morgan fingerprint density at radius 3 is 2.59 bits per heavy atom. The number of methoxy groups -OCH3 is 1. The number of benzene rings is 1. The van der Waals surface area contributed by atoms with Crippen molar-refractivity contribution >= 4 is 17.5 Å². The Hall–Kier alpha value is -1.46. The zero-order chi connectivity index (χ0) is 16.7. The summed E-state index contributed by atoms with van der Waals surface area (Å²) in [6.07, 6.45) is 0.912. The molecule has 0 heterocycles. The summed E-state index contributed by atoms with van der Waals surface area (Å²) < 4.78 is 11.0. The van der Waals surface area contributed by atoms with E-state index in [1.807, 2.05) is 6.92 Å². The highest BCUT2D eigenvalue weighted by Crippen LogP contribution is 2.36. The summed E-state index contributed by atoms with van der Waals surface area (Å²) >= 11 is 6.23. The van der Waals surface area contributed by atoms with Gasteiger partial charge in [0.05, 0.1) is 18.7 Å². The van der Waals surface area contributed by atoms with E-state index in [-0.39, 0.29) is 11.9 Å². The van der Waals surface area contributed by atoms with Gasteiger partial charge in [0.2, 0.25) is 0 Å². The predicted molar refractivity (Wildman–Crippen MR) is 88.9 cm³/mol. The second-order valence-corrected chi connectivity index (χ2v) is 6.04. The highest BCUT2D eigenvalue weighted by Gasteiger charge is 2.17. The van der Waals surface area contributed by atoms with Crippen LogP contribution in [0, 0.1) is 5.92 Å². The third-order valence-corrected chi connectivity index (χ3v) is 3.45. The average Bonchev–Trinajstić information content (AvgIpc) is 2.47. The second kappa shape index (κ2) is 8.86. The van der Waals surface area contributed by atoms with Gasteiger partial charge < -0.3 is 20.5 Å². The van der Waals surface area contributed by atoms with Crippen LogP contribution in [0.25, 0.3) is 0 Å². The van der Waals surface area contributed by atoms with Crippen molar-refractivity contribution in [2.45, 2.75) is 33.2 Å². The molecule has 0 spiro atoms. The summed E-state index contributed by atoms with van der Waals surface area (Å²) in [5.74, 6) is 1.20. The molecule has 5 nitrogen and oxygen atoms in total. The lowest BCUT2D eigenvalue weighted by Crippen LogP contribution is -2.37. The molecular formula is C16H25ClN2O3. The smallest absolute Gasteiger partial charge is 0.251 e. The Balaban J connectivity index is 2.92. The van der Waals surface area contributed by atoms with E-state index in [4.69, 9.17) is 26.8 Å². The van der Waals surface area contributed by atoms with E-state index in [1.54, 1.807) is 12.1 Å². The van der Waals surface area contributed by atoms with E-state index in [9.17, 15) is 4.79 Å². The zero-order valence-electron chi connectivity index (χ0n) is 13.6. The molecule has 0 radical (unpaired) electrons. The first-order valence-electron chi connectivity index (χ1n) is 7.40. The fourth-order valence-electron chi connectivity index (χ4n) is 1.75. The van der Waals surface area contributed by atoms with E-state index in [1.165, 1.54) is 7.11 Å². The number of halogens is 1. The van der Waals surface area contributed by atoms with Gasteiger partial charge in [0.15, 0.2) is 11.5 Å². The number of rotatable bonds is 8. The summed E-state index contributed by atoms with van der Waals surface area (Å²) in [6.45, 7) is 6.99. The maximum Gasteiger partial charge on any atom is 0.251 e. The van der Waals surface area contributed by atoms with Gasteiger partial charge in [-0.1, -0.05) is 25.4 Å². The topological polar surface area (TPSA) is 73.6 Å². The minimum atomic E-state index is -0.244. The number of hydrogen-bond donors (Lipinski definition) is 2. The first kappa shape index (κ1) is 18.6. The van der Waals surface area contributed by atoms with Crippen LogP contribution in [0.4, 0.5) is 0 Å². The van der Waals surface area contributed by atoms with Crippen LogP contribution in [-0.2, 0) is 0 Å². The van der Waals surface area contributed by atoms with Crippen molar-refractivity contribution in [2.24, 2.45) is 11.7 Å². The molecule has 0 fully saturated rings. The van der Waals surface area contributed by atoms with Crippen molar-refractivity contribution in [3.8, 4) is 11.5 Å². The monoisotopic (exact) mass is 328 g/mol. The van der Waals surface area contributed by atoms with Crippen LogP contribution < -0.4 is 20.5 Å². The Bertz CT molecular complexity index is 506. The fourth-order valence-corrected chi connectivity index (χ4v) is 2.02. The van der Waals surface area contributed by atoms with Crippen LogP contribution in [0.15, 0.2) is 12.1 Å². The Morgan fingerprint density at radius 1 is 1.36 bits per heavy atom. The molecule has 3 N–H and O–H groups in total. The van der Waals surface area contributed by atoms with Crippen LogP contribution in [0.5, 0.6) is 11.5 Å². The molecule has 1 rings (SSSR count). The van der Waals surface area contributed by atoms with E-state index in [0.29, 0.717) is 41.2 Å². The zero-order valence-corrected chi connectivity index (χ0v) is 14.4. The number of nitrogens with two attached hydrogens (primary N) is 1. The molecule has 0 aromatic heterocycles. The van der Waals surface area contributed by atoms with Crippen molar-refractivity contribution < 1.29 is 14.3 Å². The Labute approximate surface area is 137 Å². The average molecular weight is 329 g/mol. The van der Waals surface area contributed by atoms with Crippen molar-refractivity contribution in [3.63, 3.8) is 0 Å². The van der Waals surface area contributed by atoms with E-state index >= 15 is 0 Å². The van der Waals surface area contributed by atoms with Crippen LogP contribution in [0.3, 0.4) is 0 Å². The van der Waals surface area contributed by atoms with Gasteiger partial charge in [-0.05, 0) is 31.4 Å². The van der Waals surface area contributed by atoms with Gasteiger partial charge in [-0.15, -0.1) is 0 Å². The van der Waals surface area contributed by atoms with E-state index in [2.05, 4.69) is 19.2 Å². The molecule has 124 valence electrons. The van der Waals surface area contributed by atoms with Gasteiger partial charge in [0.1, 0.15) is 0 Å². The van der Waals surface area contributed by atoms with Crippen molar-refractivity contribution in [3.05, 3.63) is 22.7 Å². The van der Waals surface area contributed by atoms with Crippen LogP contribution in [0.1, 0.15) is 37.6 Å². The number of nitrogens with one attached hydrogen (secondary N) is 1.